The molecule has 1 unspecified atom stereocenters. The van der Waals surface area contributed by atoms with Crippen LogP contribution in [0.5, 0.6) is 0 Å². The van der Waals surface area contributed by atoms with Crippen molar-refractivity contribution in [3.63, 3.8) is 0 Å². The number of ether oxygens (including phenoxy) is 1. The van der Waals surface area contributed by atoms with E-state index in [1.54, 1.807) is 18.6 Å². The molecule has 0 radical (unpaired) electrons. The maximum Gasteiger partial charge on any atom is 0.102 e. The van der Waals surface area contributed by atoms with Gasteiger partial charge in [0.25, 0.3) is 0 Å². The fourth-order valence-electron chi connectivity index (χ4n) is 2.13. The van der Waals surface area contributed by atoms with E-state index in [0.717, 1.165) is 12.2 Å². The van der Waals surface area contributed by atoms with Crippen LogP contribution in [-0.4, -0.2) is 16.2 Å². The Bertz CT molecular complexity index is 567. The molecule has 0 saturated heterocycles. The molecule has 1 aromatic carbocycles. The van der Waals surface area contributed by atoms with Gasteiger partial charge in [0.2, 0.25) is 0 Å². The zero-order valence-corrected chi connectivity index (χ0v) is 12.5. The van der Waals surface area contributed by atoms with Crippen LogP contribution in [0.4, 0.5) is 0 Å². The number of hydrogen-bond acceptors (Lipinski definition) is 2. The Balaban J connectivity index is 1.78. The molecular formula is C15H16Cl2N2O. The summed E-state index contributed by atoms with van der Waals surface area (Å²) in [5, 5.41) is 1.29. The molecule has 106 valence electrons. The highest BCUT2D eigenvalue weighted by atomic mass is 35.5. The molecule has 0 amide bonds. The average molecular weight is 311 g/mol. The smallest absolute Gasteiger partial charge is 0.102 e. The van der Waals surface area contributed by atoms with Gasteiger partial charge < -0.3 is 9.30 Å². The molecule has 1 saturated carbocycles. The normalized spacial score (nSPS) is 16.3. The molecule has 0 aliphatic heterocycles. The molecule has 20 heavy (non-hydrogen) atoms. The van der Waals surface area contributed by atoms with Crippen LogP contribution in [0.2, 0.25) is 10.0 Å². The van der Waals surface area contributed by atoms with Crippen molar-refractivity contribution in [2.75, 3.05) is 6.61 Å². The Hall–Kier alpha value is -1.03. The molecular weight excluding hydrogens is 295 g/mol. The van der Waals surface area contributed by atoms with Gasteiger partial charge in [-0.1, -0.05) is 29.3 Å². The van der Waals surface area contributed by atoms with Crippen LogP contribution in [0.1, 0.15) is 24.5 Å². The Morgan fingerprint density at radius 1 is 1.35 bits per heavy atom. The lowest BCUT2D eigenvalue weighted by Crippen LogP contribution is -2.14. The second kappa shape index (κ2) is 6.17. The molecule has 3 rings (SSSR count). The summed E-state index contributed by atoms with van der Waals surface area (Å²) in [6, 6.07) is 5.56. The van der Waals surface area contributed by atoms with Gasteiger partial charge in [0.05, 0.1) is 19.5 Å². The Morgan fingerprint density at radius 3 is 2.85 bits per heavy atom. The maximum atomic E-state index is 6.31. The standard InChI is InChI=1S/C15H16Cl2N2O/c16-12-3-4-13(14(17)7-12)15(20-9-11-1-2-11)8-19-6-5-18-10-19/h3-7,10-11,15H,1-2,8-9H2. The molecule has 1 aliphatic carbocycles. The van der Waals surface area contributed by atoms with Gasteiger partial charge in [0.1, 0.15) is 6.10 Å². The SMILES string of the molecule is Clc1ccc(C(Cn2ccnc2)OCC2CC2)c(Cl)c1. The average Bonchev–Trinajstić information content (AvgIpc) is 3.11. The van der Waals surface area contributed by atoms with E-state index in [4.69, 9.17) is 27.9 Å². The first kappa shape index (κ1) is 13.9. The first-order valence-corrected chi connectivity index (χ1v) is 7.50. The monoisotopic (exact) mass is 310 g/mol. The van der Waals surface area contributed by atoms with Crippen LogP contribution in [0.3, 0.4) is 0 Å². The third-order valence-corrected chi connectivity index (χ3v) is 4.04. The summed E-state index contributed by atoms with van der Waals surface area (Å²) < 4.78 is 8.07. The molecule has 2 aromatic rings. The zero-order valence-electron chi connectivity index (χ0n) is 11.0. The van der Waals surface area contributed by atoms with Gasteiger partial charge in [-0.2, -0.15) is 0 Å². The van der Waals surface area contributed by atoms with Gasteiger partial charge in [-0.05, 0) is 30.9 Å². The Labute approximate surface area is 128 Å². The molecule has 0 N–H and O–H groups in total. The molecule has 1 fully saturated rings. The summed E-state index contributed by atoms with van der Waals surface area (Å²) in [5.74, 6) is 0.714. The quantitative estimate of drug-likeness (QED) is 0.792. The van der Waals surface area contributed by atoms with Crippen LogP contribution in [0.15, 0.2) is 36.9 Å². The van der Waals surface area contributed by atoms with Gasteiger partial charge in [-0.25, -0.2) is 4.98 Å². The number of benzene rings is 1. The minimum atomic E-state index is -0.0745. The van der Waals surface area contributed by atoms with E-state index < -0.39 is 0 Å². The number of rotatable bonds is 6. The highest BCUT2D eigenvalue weighted by molar-refractivity contribution is 6.35. The van der Waals surface area contributed by atoms with Crippen molar-refractivity contribution in [2.45, 2.75) is 25.5 Å². The first-order valence-electron chi connectivity index (χ1n) is 6.74. The molecule has 3 nitrogen and oxygen atoms in total. The van der Waals surface area contributed by atoms with Gasteiger partial charge in [-0.3, -0.25) is 0 Å². The lowest BCUT2D eigenvalue weighted by Gasteiger charge is -2.20. The zero-order chi connectivity index (χ0) is 13.9. The van der Waals surface area contributed by atoms with Crippen molar-refractivity contribution in [1.82, 2.24) is 9.55 Å². The fourth-order valence-corrected chi connectivity index (χ4v) is 2.66. The lowest BCUT2D eigenvalue weighted by atomic mass is 10.1. The van der Waals surface area contributed by atoms with E-state index in [1.165, 1.54) is 12.8 Å². The second-order valence-electron chi connectivity index (χ2n) is 5.19. The van der Waals surface area contributed by atoms with Crippen molar-refractivity contribution in [3.8, 4) is 0 Å². The highest BCUT2D eigenvalue weighted by Gasteiger charge is 2.24. The minimum absolute atomic E-state index is 0.0745. The predicted octanol–water partition coefficient (Wildman–Crippen LogP) is 4.36. The molecule has 1 heterocycles. The van der Waals surface area contributed by atoms with Crippen LogP contribution in [0.25, 0.3) is 0 Å². The molecule has 1 aromatic heterocycles. The number of halogens is 2. The van der Waals surface area contributed by atoms with E-state index in [2.05, 4.69) is 4.98 Å². The van der Waals surface area contributed by atoms with Crippen molar-refractivity contribution >= 4 is 23.2 Å². The Kier molecular flexibility index (Phi) is 4.29. The van der Waals surface area contributed by atoms with E-state index in [0.29, 0.717) is 22.5 Å². The summed E-state index contributed by atoms with van der Waals surface area (Å²) in [4.78, 5) is 4.07. The van der Waals surface area contributed by atoms with E-state index in [1.807, 2.05) is 22.9 Å². The lowest BCUT2D eigenvalue weighted by molar-refractivity contribution is 0.0336. The number of hydrogen-bond donors (Lipinski definition) is 0. The van der Waals surface area contributed by atoms with E-state index in [9.17, 15) is 0 Å². The number of imidazole rings is 1. The fraction of sp³-hybridized carbons (Fsp3) is 0.400. The van der Waals surface area contributed by atoms with Crippen LogP contribution >= 0.6 is 23.2 Å². The van der Waals surface area contributed by atoms with Crippen LogP contribution in [0, 0.1) is 5.92 Å². The molecule has 0 bridgehead atoms. The summed E-state index contributed by atoms with van der Waals surface area (Å²) in [6.45, 7) is 1.49. The summed E-state index contributed by atoms with van der Waals surface area (Å²) in [5.41, 5.74) is 0.977. The second-order valence-corrected chi connectivity index (χ2v) is 6.03. The number of nitrogens with zero attached hydrogens (tertiary/aromatic N) is 2. The first-order chi connectivity index (χ1) is 9.72. The van der Waals surface area contributed by atoms with Crippen molar-refractivity contribution in [2.24, 2.45) is 5.92 Å². The topological polar surface area (TPSA) is 27.1 Å². The minimum Gasteiger partial charge on any atom is -0.371 e. The van der Waals surface area contributed by atoms with Gasteiger partial charge in [0, 0.05) is 28.0 Å². The molecule has 5 heteroatoms. The van der Waals surface area contributed by atoms with Gasteiger partial charge in [-0.15, -0.1) is 0 Å². The van der Waals surface area contributed by atoms with Crippen molar-refractivity contribution in [1.29, 1.82) is 0 Å². The molecule has 1 aliphatic rings. The maximum absolute atomic E-state index is 6.31. The highest BCUT2D eigenvalue weighted by Crippen LogP contribution is 2.34. The summed E-state index contributed by atoms with van der Waals surface area (Å²) in [6.07, 6.45) is 7.95. The van der Waals surface area contributed by atoms with Crippen LogP contribution in [-0.2, 0) is 11.3 Å². The van der Waals surface area contributed by atoms with Crippen molar-refractivity contribution in [3.05, 3.63) is 52.5 Å². The van der Waals surface area contributed by atoms with E-state index >= 15 is 0 Å². The predicted molar refractivity (Wildman–Crippen MR) is 80.1 cm³/mol. The Morgan fingerprint density at radius 2 is 2.20 bits per heavy atom. The number of aromatic nitrogens is 2. The molecule has 1 atom stereocenters. The largest absolute Gasteiger partial charge is 0.371 e. The summed E-state index contributed by atoms with van der Waals surface area (Å²) >= 11 is 12.3. The summed E-state index contributed by atoms with van der Waals surface area (Å²) in [7, 11) is 0. The van der Waals surface area contributed by atoms with E-state index in [-0.39, 0.29) is 6.10 Å². The van der Waals surface area contributed by atoms with Crippen LogP contribution < -0.4 is 0 Å². The van der Waals surface area contributed by atoms with Crippen molar-refractivity contribution < 1.29 is 4.74 Å². The molecule has 0 spiro atoms. The third kappa shape index (κ3) is 3.54. The third-order valence-electron chi connectivity index (χ3n) is 3.48. The van der Waals surface area contributed by atoms with Gasteiger partial charge in [0.15, 0.2) is 0 Å². The van der Waals surface area contributed by atoms with Gasteiger partial charge >= 0.3 is 0 Å².